The van der Waals surface area contributed by atoms with E-state index in [9.17, 15) is 34.8 Å². The van der Waals surface area contributed by atoms with Crippen LogP contribution in [-0.2, 0) is 47.5 Å². The van der Waals surface area contributed by atoms with Gasteiger partial charge in [0.2, 0.25) is 0 Å². The number of aliphatic hydroxyl groups excluding tert-OH is 4. The Kier molecular flexibility index (Phi) is 17.7. The maximum atomic E-state index is 12.7. The maximum absolute atomic E-state index is 12.7. The predicted molar refractivity (Wildman–Crippen MR) is 169 cm³/mol. The Hall–Kier alpha value is -2.17. The number of ether oxygens (including phenoxy) is 7. The minimum atomic E-state index is -1.79. The Balaban J connectivity index is 1.81. The van der Waals surface area contributed by atoms with Gasteiger partial charge in [0.25, 0.3) is 0 Å². The van der Waals surface area contributed by atoms with Gasteiger partial charge in [0.15, 0.2) is 18.7 Å². The zero-order valence-electron chi connectivity index (χ0n) is 28.5. The third kappa shape index (κ3) is 13.3. The molecule has 0 unspecified atom stereocenters. The zero-order chi connectivity index (χ0) is 35.1. The first-order chi connectivity index (χ1) is 23.0. The van der Waals surface area contributed by atoms with Gasteiger partial charge in [0.1, 0.15) is 55.9 Å². The standard InChI is InChI=1S/C34H56O14/c1-21-17-15-13-11-9-7-5-4-6-8-10-12-14-16-18-26(37)47-31-25(20-43-23(3)36)46-33(30(41)29(31)40)48-32-28(39)27(38)24(19-42-22(2)35)45-34(32)44-21/h4-5,21,24-25,27-34,38-41H,6-20H2,1-3H3/t21-,24+,25+,27+,28-,29+,30+,31+,32+,33-,34+/m0/s1. The Bertz CT molecular complexity index is 1010. The van der Waals surface area contributed by atoms with Gasteiger partial charge in [0.05, 0.1) is 6.10 Å². The molecule has 0 aromatic heterocycles. The number of carbonyl (C=O) groups excluding carboxylic acids is 3. The lowest BCUT2D eigenvalue weighted by Gasteiger charge is -2.47. The maximum Gasteiger partial charge on any atom is 0.306 e. The highest BCUT2D eigenvalue weighted by Gasteiger charge is 2.53. The third-order valence-electron chi connectivity index (χ3n) is 8.76. The van der Waals surface area contributed by atoms with Crippen molar-refractivity contribution in [2.75, 3.05) is 13.2 Å². The SMILES string of the molecule is CC(=O)OC[C@H]1O[C@H]2O[C@@H](C)CCCCCCC=CCCCCCCCC(=O)O[C@H]3[C@H](O)[C@@H](O)[C@H](O[C@@H]2[C@@H](O)[C@@H]1O)O[C@@H]3COC(C)=O. The van der Waals surface area contributed by atoms with Crippen LogP contribution in [0.2, 0.25) is 0 Å². The van der Waals surface area contributed by atoms with Crippen LogP contribution in [0.5, 0.6) is 0 Å². The van der Waals surface area contributed by atoms with Crippen molar-refractivity contribution in [2.45, 2.75) is 172 Å². The summed E-state index contributed by atoms with van der Waals surface area (Å²) in [4.78, 5) is 35.8. The summed E-state index contributed by atoms with van der Waals surface area (Å²) in [6.45, 7) is 3.42. The van der Waals surface area contributed by atoms with Crippen LogP contribution in [0.15, 0.2) is 12.2 Å². The van der Waals surface area contributed by atoms with Gasteiger partial charge < -0.3 is 53.6 Å². The van der Waals surface area contributed by atoms with E-state index in [0.717, 1.165) is 64.2 Å². The Morgan fingerprint density at radius 2 is 1.21 bits per heavy atom. The normalized spacial score (nSPS) is 37.1. The number of aliphatic hydroxyl groups is 4. The summed E-state index contributed by atoms with van der Waals surface area (Å²) in [5.41, 5.74) is 0. The number of hydrogen-bond acceptors (Lipinski definition) is 14. The van der Waals surface area contributed by atoms with E-state index >= 15 is 0 Å². The van der Waals surface area contributed by atoms with E-state index in [0.29, 0.717) is 12.8 Å². The van der Waals surface area contributed by atoms with Gasteiger partial charge in [-0.05, 0) is 45.4 Å². The van der Waals surface area contributed by atoms with Crippen molar-refractivity contribution < 1.29 is 68.0 Å². The lowest BCUT2D eigenvalue weighted by molar-refractivity contribution is -0.371. The van der Waals surface area contributed by atoms with Crippen molar-refractivity contribution in [1.82, 2.24) is 0 Å². The summed E-state index contributed by atoms with van der Waals surface area (Å²) >= 11 is 0. The highest BCUT2D eigenvalue weighted by molar-refractivity contribution is 5.69. The second-order valence-electron chi connectivity index (χ2n) is 12.9. The van der Waals surface area contributed by atoms with Gasteiger partial charge >= 0.3 is 17.9 Å². The summed E-state index contributed by atoms with van der Waals surface area (Å²) in [5.74, 6) is -1.86. The Morgan fingerprint density at radius 1 is 0.667 bits per heavy atom. The molecule has 4 N–H and O–H groups in total. The molecule has 0 saturated carbocycles. The molecule has 0 aliphatic carbocycles. The third-order valence-corrected chi connectivity index (χ3v) is 8.76. The average molecular weight is 689 g/mol. The molecule has 0 aromatic carbocycles. The minimum absolute atomic E-state index is 0.0919. The molecule has 276 valence electrons. The molecular weight excluding hydrogens is 632 g/mol. The molecule has 0 amide bonds. The summed E-state index contributed by atoms with van der Waals surface area (Å²) in [6.07, 6.45) is 0.483. The van der Waals surface area contributed by atoms with Crippen LogP contribution in [0, 0.1) is 0 Å². The molecule has 0 radical (unpaired) electrons. The second-order valence-corrected chi connectivity index (χ2v) is 12.9. The van der Waals surface area contributed by atoms with E-state index in [1.165, 1.54) is 13.8 Å². The first kappa shape index (κ1) is 40.3. The van der Waals surface area contributed by atoms with Crippen molar-refractivity contribution in [2.24, 2.45) is 0 Å². The fourth-order valence-electron chi connectivity index (χ4n) is 6.00. The van der Waals surface area contributed by atoms with Crippen LogP contribution in [0.1, 0.15) is 104 Å². The summed E-state index contributed by atoms with van der Waals surface area (Å²) < 4.78 is 39.6. The summed E-state index contributed by atoms with van der Waals surface area (Å²) in [7, 11) is 0. The largest absolute Gasteiger partial charge is 0.463 e. The molecule has 14 heteroatoms. The van der Waals surface area contributed by atoms with Crippen LogP contribution in [0.3, 0.4) is 0 Å². The summed E-state index contributed by atoms with van der Waals surface area (Å²) in [5, 5.41) is 44.2. The number of fused-ring (bicyclic) bond motifs is 19. The second kappa shape index (κ2) is 21.1. The zero-order valence-corrected chi connectivity index (χ0v) is 28.5. The quantitative estimate of drug-likeness (QED) is 0.191. The highest BCUT2D eigenvalue weighted by atomic mass is 16.8. The molecule has 4 heterocycles. The van der Waals surface area contributed by atoms with Gasteiger partial charge in [-0.25, -0.2) is 0 Å². The number of allylic oxidation sites excluding steroid dienone is 2. The van der Waals surface area contributed by atoms with Crippen molar-refractivity contribution in [3.05, 3.63) is 12.2 Å². The van der Waals surface area contributed by atoms with Crippen molar-refractivity contribution in [3.8, 4) is 0 Å². The fourth-order valence-corrected chi connectivity index (χ4v) is 6.00. The van der Waals surface area contributed by atoms with Crippen molar-refractivity contribution >= 4 is 17.9 Å². The molecule has 48 heavy (non-hydrogen) atoms. The molecule has 4 aliphatic heterocycles. The van der Waals surface area contributed by atoms with E-state index < -0.39 is 85.9 Å². The van der Waals surface area contributed by atoms with Gasteiger partial charge in [-0.3, -0.25) is 14.4 Å². The van der Waals surface area contributed by atoms with E-state index in [1.54, 1.807) is 0 Å². The number of carbonyl (C=O) groups is 3. The molecule has 2 bridgehead atoms. The smallest absolute Gasteiger partial charge is 0.306 e. The molecule has 4 aliphatic rings. The average Bonchev–Trinajstić information content (AvgIpc) is 3.03. The molecule has 14 nitrogen and oxygen atoms in total. The molecule has 0 aromatic rings. The predicted octanol–water partition coefficient (Wildman–Crippen LogP) is 2.35. The van der Waals surface area contributed by atoms with Gasteiger partial charge in [-0.2, -0.15) is 0 Å². The van der Waals surface area contributed by atoms with Gasteiger partial charge in [0, 0.05) is 20.3 Å². The fraction of sp³-hybridized carbons (Fsp3) is 0.853. The number of hydrogen-bond donors (Lipinski definition) is 4. The van der Waals surface area contributed by atoms with Gasteiger partial charge in [-0.1, -0.05) is 50.7 Å². The molecule has 4 rings (SSSR count). The topological polar surface area (TPSA) is 197 Å². The van der Waals surface area contributed by atoms with Crippen molar-refractivity contribution in [1.29, 1.82) is 0 Å². The minimum Gasteiger partial charge on any atom is -0.463 e. The molecular formula is C34H56O14. The van der Waals surface area contributed by atoms with Crippen molar-refractivity contribution in [3.63, 3.8) is 0 Å². The van der Waals surface area contributed by atoms with Crippen LogP contribution < -0.4 is 0 Å². The van der Waals surface area contributed by atoms with E-state index in [-0.39, 0.29) is 19.1 Å². The van der Waals surface area contributed by atoms with Crippen LogP contribution in [0.25, 0.3) is 0 Å². The van der Waals surface area contributed by atoms with E-state index in [1.807, 2.05) is 6.92 Å². The lowest BCUT2D eigenvalue weighted by Crippen LogP contribution is -2.65. The Morgan fingerprint density at radius 3 is 1.85 bits per heavy atom. The number of rotatable bonds is 4. The molecule has 0 spiro atoms. The van der Waals surface area contributed by atoms with Crippen LogP contribution >= 0.6 is 0 Å². The summed E-state index contributed by atoms with van der Waals surface area (Å²) in [6, 6.07) is 0. The highest BCUT2D eigenvalue weighted by Crippen LogP contribution is 2.32. The molecule has 2 saturated heterocycles. The Labute approximate surface area is 283 Å². The molecule has 2 fully saturated rings. The first-order valence-electron chi connectivity index (χ1n) is 17.4. The van der Waals surface area contributed by atoms with Crippen LogP contribution in [-0.4, -0.2) is 119 Å². The molecule has 11 atom stereocenters. The number of esters is 3. The van der Waals surface area contributed by atoms with E-state index in [4.69, 9.17) is 33.2 Å². The van der Waals surface area contributed by atoms with Crippen LogP contribution in [0.4, 0.5) is 0 Å². The van der Waals surface area contributed by atoms with Gasteiger partial charge in [-0.15, -0.1) is 0 Å². The van der Waals surface area contributed by atoms with E-state index in [2.05, 4.69) is 12.2 Å². The lowest BCUT2D eigenvalue weighted by atomic mass is 9.97. The first-order valence-corrected chi connectivity index (χ1v) is 17.4. The monoisotopic (exact) mass is 688 g/mol.